The average molecular weight is 438 g/mol. The van der Waals surface area contributed by atoms with Gasteiger partial charge in [0.05, 0.1) is 12.5 Å². The number of ether oxygens (including phenoxy) is 2. The number of hydrogen-bond acceptors (Lipinski definition) is 3. The lowest BCUT2D eigenvalue weighted by Crippen LogP contribution is -2.26. The summed E-state index contributed by atoms with van der Waals surface area (Å²) < 4.78 is 67.8. The third-order valence-corrected chi connectivity index (χ3v) is 5.77. The molecule has 0 saturated heterocycles. The molecular weight excluding hydrogens is 412 g/mol. The van der Waals surface area contributed by atoms with Crippen LogP contribution in [0.5, 0.6) is 11.5 Å². The fourth-order valence-electron chi connectivity index (χ4n) is 4.11. The fraction of sp³-hybridized carbons (Fsp3) is 0.458. The molecular formula is C24H26F4O3. The van der Waals surface area contributed by atoms with Gasteiger partial charge in [-0.1, -0.05) is 19.8 Å². The van der Waals surface area contributed by atoms with Gasteiger partial charge in [-0.3, -0.25) is 4.79 Å². The van der Waals surface area contributed by atoms with E-state index in [-0.39, 0.29) is 18.3 Å². The Morgan fingerprint density at radius 3 is 1.94 bits per heavy atom. The zero-order valence-corrected chi connectivity index (χ0v) is 17.7. The van der Waals surface area contributed by atoms with Crippen molar-refractivity contribution in [3.8, 4) is 22.6 Å². The van der Waals surface area contributed by atoms with Gasteiger partial charge in [-0.25, -0.2) is 8.78 Å². The van der Waals surface area contributed by atoms with Gasteiger partial charge in [0.2, 0.25) is 11.6 Å². The summed E-state index contributed by atoms with van der Waals surface area (Å²) in [5.41, 5.74) is -0.929. The van der Waals surface area contributed by atoms with Crippen LogP contribution in [0.1, 0.15) is 52.4 Å². The summed E-state index contributed by atoms with van der Waals surface area (Å²) >= 11 is 0. The zero-order valence-electron chi connectivity index (χ0n) is 17.7. The van der Waals surface area contributed by atoms with Gasteiger partial charge in [-0.05, 0) is 62.8 Å². The first kappa shape index (κ1) is 23.1. The molecule has 1 aliphatic carbocycles. The third-order valence-electron chi connectivity index (χ3n) is 5.77. The Morgan fingerprint density at radius 2 is 1.39 bits per heavy atom. The molecule has 0 heterocycles. The lowest BCUT2D eigenvalue weighted by atomic mass is 9.80. The minimum Gasteiger partial charge on any atom is -0.491 e. The highest BCUT2D eigenvalue weighted by atomic mass is 19.2. The number of rotatable bonds is 7. The Morgan fingerprint density at radius 1 is 0.839 bits per heavy atom. The van der Waals surface area contributed by atoms with E-state index in [0.717, 1.165) is 49.9 Å². The lowest BCUT2D eigenvalue weighted by molar-refractivity contribution is -0.140. The van der Waals surface area contributed by atoms with Crippen molar-refractivity contribution in [2.24, 2.45) is 11.8 Å². The third kappa shape index (κ3) is 5.02. The molecule has 2 aromatic carbocycles. The Balaban J connectivity index is 1.77. The van der Waals surface area contributed by atoms with E-state index in [1.165, 1.54) is 0 Å². The summed E-state index contributed by atoms with van der Waals surface area (Å²) in [5, 5.41) is 0. The first-order chi connectivity index (χ1) is 14.9. The molecule has 0 aliphatic heterocycles. The van der Waals surface area contributed by atoms with Crippen LogP contribution in [0.4, 0.5) is 17.6 Å². The molecule has 0 N–H and O–H groups in total. The fourth-order valence-corrected chi connectivity index (χ4v) is 4.11. The van der Waals surface area contributed by atoms with E-state index in [4.69, 9.17) is 9.47 Å². The molecule has 31 heavy (non-hydrogen) atoms. The maximum absolute atomic E-state index is 14.7. The number of esters is 1. The smallest absolute Gasteiger partial charge is 0.314 e. The maximum Gasteiger partial charge on any atom is 0.314 e. The van der Waals surface area contributed by atoms with Gasteiger partial charge in [-0.15, -0.1) is 0 Å². The summed E-state index contributed by atoms with van der Waals surface area (Å²) in [4.78, 5) is 12.4. The quantitative estimate of drug-likeness (QED) is 0.270. The minimum atomic E-state index is -1.42. The second kappa shape index (κ2) is 10.2. The van der Waals surface area contributed by atoms with Crippen molar-refractivity contribution in [1.82, 2.24) is 0 Å². The van der Waals surface area contributed by atoms with Crippen molar-refractivity contribution in [3.63, 3.8) is 0 Å². The van der Waals surface area contributed by atoms with Crippen LogP contribution in [0.15, 0.2) is 24.3 Å². The van der Waals surface area contributed by atoms with Crippen molar-refractivity contribution in [2.45, 2.75) is 52.4 Å². The van der Waals surface area contributed by atoms with Crippen LogP contribution in [0, 0.1) is 35.1 Å². The number of hydrogen-bond donors (Lipinski definition) is 0. The van der Waals surface area contributed by atoms with E-state index in [1.807, 2.05) is 0 Å². The Bertz CT molecular complexity index is 937. The summed E-state index contributed by atoms with van der Waals surface area (Å²) in [5.74, 6) is -6.71. The molecule has 2 aromatic rings. The first-order valence-corrected chi connectivity index (χ1v) is 10.7. The van der Waals surface area contributed by atoms with Crippen LogP contribution in [0.25, 0.3) is 11.1 Å². The molecule has 0 radical (unpaired) electrons. The predicted molar refractivity (Wildman–Crippen MR) is 109 cm³/mol. The minimum absolute atomic E-state index is 0.124. The van der Waals surface area contributed by atoms with Gasteiger partial charge in [-0.2, -0.15) is 8.78 Å². The molecule has 0 unspecified atom stereocenters. The maximum atomic E-state index is 14.7. The zero-order chi connectivity index (χ0) is 22.5. The normalized spacial score (nSPS) is 18.6. The van der Waals surface area contributed by atoms with E-state index in [0.29, 0.717) is 18.8 Å². The first-order valence-electron chi connectivity index (χ1n) is 10.7. The van der Waals surface area contributed by atoms with Gasteiger partial charge < -0.3 is 9.47 Å². The van der Waals surface area contributed by atoms with Crippen molar-refractivity contribution in [1.29, 1.82) is 0 Å². The van der Waals surface area contributed by atoms with E-state index in [1.54, 1.807) is 6.92 Å². The van der Waals surface area contributed by atoms with Gasteiger partial charge in [0, 0.05) is 11.1 Å². The predicted octanol–water partition coefficient (Wildman–Crippen LogP) is 6.82. The van der Waals surface area contributed by atoms with E-state index in [9.17, 15) is 22.4 Å². The number of carbonyl (C=O) groups is 1. The van der Waals surface area contributed by atoms with Crippen molar-refractivity contribution >= 4 is 5.97 Å². The number of carbonyl (C=O) groups excluding carboxylic acids is 1. The molecule has 0 amide bonds. The highest BCUT2D eigenvalue weighted by molar-refractivity contribution is 5.76. The largest absolute Gasteiger partial charge is 0.491 e. The Labute approximate surface area is 179 Å². The summed E-state index contributed by atoms with van der Waals surface area (Å²) in [6.07, 6.45) is 5.34. The van der Waals surface area contributed by atoms with Gasteiger partial charge in [0.15, 0.2) is 23.1 Å². The molecule has 168 valence electrons. The summed E-state index contributed by atoms with van der Waals surface area (Å²) in [7, 11) is 0. The summed E-state index contributed by atoms with van der Waals surface area (Å²) in [6, 6.07) is 4.39. The van der Waals surface area contributed by atoms with Gasteiger partial charge in [0.25, 0.3) is 0 Å². The van der Waals surface area contributed by atoms with E-state index in [2.05, 4.69) is 6.92 Å². The van der Waals surface area contributed by atoms with Crippen molar-refractivity contribution < 1.29 is 31.8 Å². The van der Waals surface area contributed by atoms with E-state index >= 15 is 0 Å². The average Bonchev–Trinajstić information content (AvgIpc) is 2.76. The van der Waals surface area contributed by atoms with E-state index < -0.39 is 46.1 Å². The Hall–Kier alpha value is -2.57. The molecule has 1 saturated carbocycles. The second-order valence-corrected chi connectivity index (χ2v) is 7.84. The summed E-state index contributed by atoms with van der Waals surface area (Å²) in [6.45, 7) is 3.85. The monoisotopic (exact) mass is 438 g/mol. The molecule has 1 fully saturated rings. The van der Waals surface area contributed by atoms with Crippen LogP contribution in [-0.4, -0.2) is 12.6 Å². The molecule has 0 aromatic heterocycles. The number of halogens is 4. The lowest BCUT2D eigenvalue weighted by Gasteiger charge is -2.26. The van der Waals surface area contributed by atoms with Crippen LogP contribution in [0.2, 0.25) is 0 Å². The SMILES string of the molecule is CCCC1CCC(C(=O)Oc2ccc(-c3ccc(OCC)c(F)c3F)c(F)c2F)CC1. The molecule has 0 spiro atoms. The highest BCUT2D eigenvalue weighted by Crippen LogP contribution is 2.36. The van der Waals surface area contributed by atoms with Crippen LogP contribution < -0.4 is 9.47 Å². The second-order valence-electron chi connectivity index (χ2n) is 7.84. The van der Waals surface area contributed by atoms with Gasteiger partial charge in [0.1, 0.15) is 0 Å². The van der Waals surface area contributed by atoms with Crippen molar-refractivity contribution in [3.05, 3.63) is 47.5 Å². The topological polar surface area (TPSA) is 35.5 Å². The number of benzene rings is 2. The van der Waals surface area contributed by atoms with Crippen LogP contribution >= 0.6 is 0 Å². The Kier molecular flexibility index (Phi) is 7.57. The highest BCUT2D eigenvalue weighted by Gasteiger charge is 2.29. The standard InChI is InChI=1S/C24H26F4O3/c1-3-5-14-6-8-15(9-7-14)24(29)31-19-13-11-17(21(26)23(19)28)16-10-12-18(30-4-2)22(27)20(16)25/h10-15H,3-9H2,1-2H3. The van der Waals surface area contributed by atoms with Crippen LogP contribution in [0.3, 0.4) is 0 Å². The molecule has 0 bridgehead atoms. The molecule has 1 aliphatic rings. The molecule has 3 nitrogen and oxygen atoms in total. The molecule has 3 rings (SSSR count). The van der Waals surface area contributed by atoms with Crippen LogP contribution in [-0.2, 0) is 4.79 Å². The molecule has 0 atom stereocenters. The van der Waals surface area contributed by atoms with Gasteiger partial charge >= 0.3 is 5.97 Å². The van der Waals surface area contributed by atoms with Crippen molar-refractivity contribution in [2.75, 3.05) is 6.61 Å². The molecule has 7 heteroatoms.